The second-order valence-electron chi connectivity index (χ2n) is 8.52. The molecule has 0 bridgehead atoms. The van der Waals surface area contributed by atoms with Gasteiger partial charge in [0.1, 0.15) is 11.4 Å². The summed E-state index contributed by atoms with van der Waals surface area (Å²) in [7, 11) is 1.62. The SMILES string of the molecule is COc1ccc(C=C2N=C(SCC(=O)NC3CCCC3)N(c3cc(C)cc(C)c3)C2=O)cc1. The fourth-order valence-electron chi connectivity index (χ4n) is 4.23. The van der Waals surface area contributed by atoms with Crippen molar-refractivity contribution in [3.05, 3.63) is 64.9 Å². The van der Waals surface area contributed by atoms with Crippen molar-refractivity contribution in [2.45, 2.75) is 45.6 Å². The predicted octanol–water partition coefficient (Wildman–Crippen LogP) is 4.85. The number of nitrogens with zero attached hydrogens (tertiary/aromatic N) is 2. The summed E-state index contributed by atoms with van der Waals surface area (Å²) in [6.07, 6.45) is 6.18. The lowest BCUT2D eigenvalue weighted by Crippen LogP contribution is -2.35. The lowest BCUT2D eigenvalue weighted by molar-refractivity contribution is -0.119. The van der Waals surface area contributed by atoms with Crippen LogP contribution in [0.4, 0.5) is 5.69 Å². The Kier molecular flexibility index (Phi) is 7.18. The first kappa shape index (κ1) is 23.1. The van der Waals surface area contributed by atoms with Gasteiger partial charge in [0.15, 0.2) is 5.17 Å². The summed E-state index contributed by atoms with van der Waals surface area (Å²) >= 11 is 1.30. The summed E-state index contributed by atoms with van der Waals surface area (Å²) in [5.74, 6) is 0.754. The Morgan fingerprint density at radius 1 is 1.15 bits per heavy atom. The monoisotopic (exact) mass is 463 g/mol. The van der Waals surface area contributed by atoms with E-state index >= 15 is 0 Å². The third-order valence-corrected chi connectivity index (χ3v) is 6.70. The summed E-state index contributed by atoms with van der Waals surface area (Å²) in [6.45, 7) is 4.01. The second-order valence-corrected chi connectivity index (χ2v) is 9.46. The number of ether oxygens (including phenoxy) is 1. The van der Waals surface area contributed by atoms with Crippen molar-refractivity contribution in [2.24, 2.45) is 4.99 Å². The van der Waals surface area contributed by atoms with E-state index in [1.807, 2.05) is 50.2 Å². The van der Waals surface area contributed by atoms with Gasteiger partial charge in [-0.15, -0.1) is 0 Å². The third kappa shape index (κ3) is 5.66. The molecule has 2 aliphatic rings. The molecule has 4 rings (SSSR count). The number of rotatable bonds is 6. The normalized spacial score (nSPS) is 17.5. The van der Waals surface area contributed by atoms with Crippen molar-refractivity contribution < 1.29 is 14.3 Å². The van der Waals surface area contributed by atoms with Crippen LogP contribution < -0.4 is 15.0 Å². The zero-order valence-electron chi connectivity index (χ0n) is 19.3. The minimum absolute atomic E-state index is 0.0185. The van der Waals surface area contributed by atoms with E-state index in [1.54, 1.807) is 18.1 Å². The van der Waals surface area contributed by atoms with Gasteiger partial charge in [-0.3, -0.25) is 14.5 Å². The highest BCUT2D eigenvalue weighted by atomic mass is 32.2. The van der Waals surface area contributed by atoms with Crippen LogP contribution in [0.15, 0.2) is 53.2 Å². The fraction of sp³-hybridized carbons (Fsp3) is 0.346. The number of aliphatic imine (C=N–C) groups is 1. The fourth-order valence-corrected chi connectivity index (χ4v) is 5.05. The van der Waals surface area contributed by atoms with Crippen LogP contribution in [0.3, 0.4) is 0 Å². The molecular formula is C26H29N3O3S. The number of nitrogens with one attached hydrogen (secondary N) is 1. The van der Waals surface area contributed by atoms with E-state index < -0.39 is 0 Å². The average Bonchev–Trinajstić information content (AvgIpc) is 3.40. The molecule has 2 aromatic carbocycles. The van der Waals surface area contributed by atoms with E-state index in [2.05, 4.69) is 16.4 Å². The van der Waals surface area contributed by atoms with Crippen molar-refractivity contribution >= 4 is 40.5 Å². The van der Waals surface area contributed by atoms with Gasteiger partial charge in [-0.05, 0) is 73.7 Å². The van der Waals surface area contributed by atoms with Gasteiger partial charge in [0.25, 0.3) is 5.91 Å². The summed E-state index contributed by atoms with van der Waals surface area (Å²) in [4.78, 5) is 32.1. The topological polar surface area (TPSA) is 71.0 Å². The lowest BCUT2D eigenvalue weighted by atomic mass is 10.1. The number of aryl methyl sites for hydroxylation is 2. The Morgan fingerprint density at radius 2 is 1.82 bits per heavy atom. The minimum atomic E-state index is -0.200. The van der Waals surface area contributed by atoms with Gasteiger partial charge >= 0.3 is 0 Å². The van der Waals surface area contributed by atoms with Crippen LogP contribution in [0.2, 0.25) is 0 Å². The first-order chi connectivity index (χ1) is 15.9. The maximum absolute atomic E-state index is 13.4. The number of hydrogen-bond acceptors (Lipinski definition) is 5. The molecule has 6 nitrogen and oxygen atoms in total. The molecule has 0 unspecified atom stereocenters. The van der Waals surface area contributed by atoms with E-state index in [0.29, 0.717) is 10.9 Å². The molecule has 2 amide bonds. The molecule has 1 aliphatic heterocycles. The molecule has 2 aromatic rings. The number of thioether (sulfide) groups is 1. The molecule has 1 saturated carbocycles. The lowest BCUT2D eigenvalue weighted by Gasteiger charge is -2.19. The predicted molar refractivity (Wildman–Crippen MR) is 135 cm³/mol. The molecule has 0 aromatic heterocycles. The molecule has 172 valence electrons. The first-order valence-corrected chi connectivity index (χ1v) is 12.2. The van der Waals surface area contributed by atoms with Crippen molar-refractivity contribution in [3.8, 4) is 5.75 Å². The van der Waals surface area contributed by atoms with Crippen LogP contribution in [0.5, 0.6) is 5.75 Å². The van der Waals surface area contributed by atoms with Crippen molar-refractivity contribution in [1.82, 2.24) is 5.32 Å². The molecular weight excluding hydrogens is 434 g/mol. The van der Waals surface area contributed by atoms with E-state index in [1.165, 1.54) is 24.6 Å². The molecule has 0 saturated heterocycles. The number of carbonyl (C=O) groups excluding carboxylic acids is 2. The van der Waals surface area contributed by atoms with E-state index in [9.17, 15) is 9.59 Å². The molecule has 0 atom stereocenters. The quantitative estimate of drug-likeness (QED) is 0.622. The van der Waals surface area contributed by atoms with Crippen molar-refractivity contribution in [2.75, 3.05) is 17.8 Å². The number of amidine groups is 1. The highest BCUT2D eigenvalue weighted by Crippen LogP contribution is 2.31. The highest BCUT2D eigenvalue weighted by molar-refractivity contribution is 8.14. The molecule has 1 aliphatic carbocycles. The summed E-state index contributed by atoms with van der Waals surface area (Å²) in [5, 5.41) is 3.62. The minimum Gasteiger partial charge on any atom is -0.497 e. The summed E-state index contributed by atoms with van der Waals surface area (Å²) < 4.78 is 5.21. The van der Waals surface area contributed by atoms with Gasteiger partial charge < -0.3 is 10.1 Å². The molecule has 7 heteroatoms. The number of benzene rings is 2. The third-order valence-electron chi connectivity index (χ3n) is 5.77. The standard InChI is InChI=1S/C26H29N3O3S/c1-17-12-18(2)14-21(13-17)29-25(31)23(15-19-8-10-22(32-3)11-9-19)28-26(29)33-16-24(30)27-20-6-4-5-7-20/h8-15,20H,4-7,16H2,1-3H3,(H,27,30). The molecule has 1 heterocycles. The van der Waals surface area contributed by atoms with Gasteiger partial charge in [-0.2, -0.15) is 0 Å². The Labute approximate surface area is 199 Å². The van der Waals surface area contributed by atoms with Crippen LogP contribution in [-0.4, -0.2) is 35.9 Å². The first-order valence-electron chi connectivity index (χ1n) is 11.2. The van der Waals surface area contributed by atoms with Crippen LogP contribution in [0.1, 0.15) is 42.4 Å². The van der Waals surface area contributed by atoms with Crippen molar-refractivity contribution in [3.63, 3.8) is 0 Å². The zero-order chi connectivity index (χ0) is 23.4. The molecule has 1 fully saturated rings. The maximum atomic E-state index is 13.4. The van der Waals surface area contributed by atoms with E-state index in [0.717, 1.165) is 41.0 Å². The van der Waals surface area contributed by atoms with Gasteiger partial charge in [-0.25, -0.2) is 4.99 Å². The maximum Gasteiger partial charge on any atom is 0.283 e. The number of amides is 2. The van der Waals surface area contributed by atoms with Crippen LogP contribution in [0.25, 0.3) is 6.08 Å². The second kappa shape index (κ2) is 10.3. The zero-order valence-corrected chi connectivity index (χ0v) is 20.1. The number of anilines is 1. The largest absolute Gasteiger partial charge is 0.497 e. The molecule has 0 radical (unpaired) electrons. The highest BCUT2D eigenvalue weighted by Gasteiger charge is 2.32. The smallest absolute Gasteiger partial charge is 0.283 e. The van der Waals surface area contributed by atoms with Crippen LogP contribution in [0, 0.1) is 13.8 Å². The van der Waals surface area contributed by atoms with Crippen LogP contribution in [-0.2, 0) is 9.59 Å². The number of methoxy groups -OCH3 is 1. The summed E-state index contributed by atoms with van der Waals surface area (Å²) in [6, 6.07) is 13.7. The number of hydrogen-bond donors (Lipinski definition) is 1. The van der Waals surface area contributed by atoms with Crippen LogP contribution >= 0.6 is 11.8 Å². The molecule has 0 spiro atoms. The van der Waals surface area contributed by atoms with Crippen molar-refractivity contribution in [1.29, 1.82) is 0 Å². The Bertz CT molecular complexity index is 1080. The Hall–Kier alpha value is -3.06. The Balaban J connectivity index is 1.58. The average molecular weight is 464 g/mol. The van der Waals surface area contributed by atoms with Gasteiger partial charge in [0.2, 0.25) is 5.91 Å². The van der Waals surface area contributed by atoms with E-state index in [-0.39, 0.29) is 23.6 Å². The van der Waals surface area contributed by atoms with Gasteiger partial charge in [0, 0.05) is 6.04 Å². The van der Waals surface area contributed by atoms with E-state index in [4.69, 9.17) is 4.74 Å². The Morgan fingerprint density at radius 3 is 2.45 bits per heavy atom. The van der Waals surface area contributed by atoms with Gasteiger partial charge in [-0.1, -0.05) is 42.8 Å². The molecule has 33 heavy (non-hydrogen) atoms. The summed E-state index contributed by atoms with van der Waals surface area (Å²) in [5.41, 5.74) is 4.09. The molecule has 1 N–H and O–H groups in total. The number of carbonyl (C=O) groups is 2. The van der Waals surface area contributed by atoms with Gasteiger partial charge in [0.05, 0.1) is 18.6 Å².